The van der Waals surface area contributed by atoms with Crippen molar-refractivity contribution in [3.05, 3.63) is 10.6 Å². The zero-order valence-electron chi connectivity index (χ0n) is 11.1. The summed E-state index contributed by atoms with van der Waals surface area (Å²) in [5, 5.41) is 3.85. The molecule has 0 saturated carbocycles. The summed E-state index contributed by atoms with van der Waals surface area (Å²) in [7, 11) is 0. The van der Waals surface area contributed by atoms with Crippen LogP contribution in [-0.4, -0.2) is 46.1 Å². The minimum absolute atomic E-state index is 0.0819. The standard InChI is InChI=1S/C12H17N3O3S/c1-3-18-12(17)9-5-4-6-15(7-9)11(16)10-8(2)13-14-19-10/h9H,3-7H2,1-2H3/t9-/m0/s1. The topological polar surface area (TPSA) is 72.4 Å². The summed E-state index contributed by atoms with van der Waals surface area (Å²) in [5.41, 5.74) is 0.647. The molecule has 1 aromatic heterocycles. The molecule has 0 aromatic carbocycles. The van der Waals surface area contributed by atoms with Crippen LogP contribution in [0.5, 0.6) is 0 Å². The largest absolute Gasteiger partial charge is 0.466 e. The van der Waals surface area contributed by atoms with Crippen molar-refractivity contribution < 1.29 is 14.3 Å². The van der Waals surface area contributed by atoms with Crippen LogP contribution in [0.15, 0.2) is 0 Å². The molecular weight excluding hydrogens is 266 g/mol. The van der Waals surface area contributed by atoms with Crippen LogP contribution < -0.4 is 0 Å². The average molecular weight is 283 g/mol. The quantitative estimate of drug-likeness (QED) is 0.781. The third-order valence-electron chi connectivity index (χ3n) is 3.17. The van der Waals surface area contributed by atoms with Gasteiger partial charge in [-0.2, -0.15) is 0 Å². The summed E-state index contributed by atoms with van der Waals surface area (Å²) in [6.07, 6.45) is 1.60. The molecule has 0 bridgehead atoms. The van der Waals surface area contributed by atoms with E-state index in [1.165, 1.54) is 0 Å². The van der Waals surface area contributed by atoms with Crippen LogP contribution in [0.1, 0.15) is 35.1 Å². The summed E-state index contributed by atoms with van der Waals surface area (Å²) < 4.78 is 8.80. The zero-order chi connectivity index (χ0) is 13.8. The van der Waals surface area contributed by atoms with E-state index in [0.29, 0.717) is 30.3 Å². The molecule has 1 saturated heterocycles. The van der Waals surface area contributed by atoms with Gasteiger partial charge in [-0.1, -0.05) is 4.49 Å². The van der Waals surface area contributed by atoms with E-state index >= 15 is 0 Å². The number of aryl methyl sites for hydroxylation is 1. The molecule has 0 unspecified atom stereocenters. The number of hydrogen-bond acceptors (Lipinski definition) is 6. The van der Waals surface area contributed by atoms with Crippen LogP contribution in [0.3, 0.4) is 0 Å². The fraction of sp³-hybridized carbons (Fsp3) is 0.667. The van der Waals surface area contributed by atoms with Gasteiger partial charge >= 0.3 is 5.97 Å². The highest BCUT2D eigenvalue weighted by molar-refractivity contribution is 7.07. The van der Waals surface area contributed by atoms with Gasteiger partial charge in [-0.25, -0.2) is 0 Å². The molecule has 0 radical (unpaired) electrons. The third-order valence-corrected chi connectivity index (χ3v) is 3.99. The Morgan fingerprint density at radius 3 is 2.95 bits per heavy atom. The molecule has 0 aliphatic carbocycles. The van der Waals surface area contributed by atoms with Crippen LogP contribution in [0.2, 0.25) is 0 Å². The molecule has 7 heteroatoms. The van der Waals surface area contributed by atoms with Crippen molar-refractivity contribution in [2.75, 3.05) is 19.7 Å². The van der Waals surface area contributed by atoms with E-state index in [2.05, 4.69) is 9.59 Å². The second kappa shape index (κ2) is 6.10. The fourth-order valence-corrected chi connectivity index (χ4v) is 2.81. The number of aromatic nitrogens is 2. The summed E-state index contributed by atoms with van der Waals surface area (Å²) >= 11 is 1.10. The van der Waals surface area contributed by atoms with Gasteiger partial charge in [0.25, 0.3) is 5.91 Å². The maximum absolute atomic E-state index is 12.3. The van der Waals surface area contributed by atoms with Gasteiger partial charge in [0.15, 0.2) is 0 Å². The SMILES string of the molecule is CCOC(=O)[C@H]1CCCN(C(=O)c2snnc2C)C1. The van der Waals surface area contributed by atoms with Crippen LogP contribution in [0.4, 0.5) is 0 Å². The highest BCUT2D eigenvalue weighted by Gasteiger charge is 2.31. The van der Waals surface area contributed by atoms with Gasteiger partial charge < -0.3 is 9.64 Å². The van der Waals surface area contributed by atoms with Gasteiger partial charge in [0.05, 0.1) is 18.2 Å². The number of nitrogens with zero attached hydrogens (tertiary/aromatic N) is 3. The van der Waals surface area contributed by atoms with Gasteiger partial charge in [-0.15, -0.1) is 5.10 Å². The second-order valence-electron chi connectivity index (χ2n) is 4.53. The fourth-order valence-electron chi connectivity index (χ4n) is 2.19. The van der Waals surface area contributed by atoms with E-state index in [9.17, 15) is 9.59 Å². The van der Waals surface area contributed by atoms with Crippen molar-refractivity contribution in [1.82, 2.24) is 14.5 Å². The van der Waals surface area contributed by atoms with Gasteiger partial charge in [0, 0.05) is 13.1 Å². The summed E-state index contributed by atoms with van der Waals surface area (Å²) in [4.78, 5) is 26.3. The minimum Gasteiger partial charge on any atom is -0.466 e. The van der Waals surface area contributed by atoms with Crippen molar-refractivity contribution in [1.29, 1.82) is 0 Å². The Hall–Kier alpha value is -1.50. The molecule has 1 aliphatic rings. The van der Waals surface area contributed by atoms with E-state index in [-0.39, 0.29) is 17.8 Å². The van der Waals surface area contributed by atoms with E-state index in [1.807, 2.05) is 0 Å². The summed E-state index contributed by atoms with van der Waals surface area (Å²) in [6, 6.07) is 0. The maximum Gasteiger partial charge on any atom is 0.310 e. The highest BCUT2D eigenvalue weighted by atomic mass is 32.1. The predicted molar refractivity (Wildman–Crippen MR) is 69.9 cm³/mol. The number of likely N-dealkylation sites (tertiary alicyclic amines) is 1. The highest BCUT2D eigenvalue weighted by Crippen LogP contribution is 2.21. The van der Waals surface area contributed by atoms with Gasteiger partial charge in [0.1, 0.15) is 4.88 Å². The minimum atomic E-state index is -0.209. The summed E-state index contributed by atoms with van der Waals surface area (Å²) in [6.45, 7) is 5.03. The van der Waals surface area contributed by atoms with Crippen molar-refractivity contribution in [2.45, 2.75) is 26.7 Å². The van der Waals surface area contributed by atoms with E-state index in [0.717, 1.165) is 24.4 Å². The molecule has 2 rings (SSSR count). The van der Waals surface area contributed by atoms with E-state index < -0.39 is 0 Å². The summed E-state index contributed by atoms with van der Waals surface area (Å²) in [5.74, 6) is -0.500. The lowest BCUT2D eigenvalue weighted by Crippen LogP contribution is -2.42. The molecule has 6 nitrogen and oxygen atoms in total. The molecule has 1 atom stereocenters. The number of carbonyl (C=O) groups excluding carboxylic acids is 2. The lowest BCUT2D eigenvalue weighted by molar-refractivity contribution is -0.149. The monoisotopic (exact) mass is 283 g/mol. The Kier molecular flexibility index (Phi) is 4.47. The third kappa shape index (κ3) is 3.09. The van der Waals surface area contributed by atoms with E-state index in [1.54, 1.807) is 18.7 Å². The molecule has 0 spiro atoms. The lowest BCUT2D eigenvalue weighted by atomic mass is 9.98. The first kappa shape index (κ1) is 13.9. The Balaban J connectivity index is 2.03. The van der Waals surface area contributed by atoms with Crippen molar-refractivity contribution in [3.63, 3.8) is 0 Å². The van der Waals surface area contributed by atoms with Crippen molar-refractivity contribution in [2.24, 2.45) is 5.92 Å². The molecule has 1 aliphatic heterocycles. The smallest absolute Gasteiger partial charge is 0.310 e. The first-order valence-electron chi connectivity index (χ1n) is 6.38. The maximum atomic E-state index is 12.3. The average Bonchev–Trinajstić information content (AvgIpc) is 2.84. The molecule has 2 heterocycles. The number of amides is 1. The van der Waals surface area contributed by atoms with Crippen LogP contribution in [-0.2, 0) is 9.53 Å². The van der Waals surface area contributed by atoms with Crippen LogP contribution in [0.25, 0.3) is 0 Å². The number of piperidine rings is 1. The molecule has 1 aromatic rings. The number of ether oxygens (including phenoxy) is 1. The number of rotatable bonds is 3. The number of carbonyl (C=O) groups is 2. The number of hydrogen-bond donors (Lipinski definition) is 0. The number of esters is 1. The van der Waals surface area contributed by atoms with Crippen LogP contribution in [0, 0.1) is 12.8 Å². The van der Waals surface area contributed by atoms with Crippen molar-refractivity contribution in [3.8, 4) is 0 Å². The Morgan fingerprint density at radius 1 is 1.53 bits per heavy atom. The van der Waals surface area contributed by atoms with E-state index in [4.69, 9.17) is 4.74 Å². The molecule has 1 amide bonds. The first-order chi connectivity index (χ1) is 9.13. The molecule has 19 heavy (non-hydrogen) atoms. The van der Waals surface area contributed by atoms with Gasteiger partial charge in [-0.3, -0.25) is 9.59 Å². The molecule has 1 fully saturated rings. The van der Waals surface area contributed by atoms with Crippen molar-refractivity contribution >= 4 is 23.4 Å². The molecule has 0 N–H and O–H groups in total. The Morgan fingerprint density at radius 2 is 2.32 bits per heavy atom. The predicted octanol–water partition coefficient (Wildman–Crippen LogP) is 1.26. The normalized spacial score (nSPS) is 19.3. The van der Waals surface area contributed by atoms with Crippen LogP contribution >= 0.6 is 11.5 Å². The zero-order valence-corrected chi connectivity index (χ0v) is 11.9. The molecular formula is C12H17N3O3S. The van der Waals surface area contributed by atoms with Gasteiger partial charge in [0.2, 0.25) is 0 Å². The molecule has 104 valence electrons. The Bertz CT molecular complexity index is 475. The first-order valence-corrected chi connectivity index (χ1v) is 7.15. The second-order valence-corrected chi connectivity index (χ2v) is 5.28. The van der Waals surface area contributed by atoms with Gasteiger partial charge in [-0.05, 0) is 38.2 Å². The Labute approximate surface area is 115 Å². The lowest BCUT2D eigenvalue weighted by Gasteiger charge is -2.31.